The topological polar surface area (TPSA) is 53.2 Å². The van der Waals surface area contributed by atoms with Gasteiger partial charge in [0.25, 0.3) is 5.92 Å². The average molecular weight is 207 g/mol. The van der Waals surface area contributed by atoms with Gasteiger partial charge in [-0.1, -0.05) is 0 Å². The van der Waals surface area contributed by atoms with E-state index in [0.29, 0.717) is 6.54 Å². The van der Waals surface area contributed by atoms with E-state index in [9.17, 15) is 13.6 Å². The number of rotatable bonds is 3. The van der Waals surface area contributed by atoms with E-state index in [1.807, 2.05) is 0 Å². The van der Waals surface area contributed by atoms with Crippen LogP contribution in [0.3, 0.4) is 0 Å². The monoisotopic (exact) mass is 207 g/mol. The van der Waals surface area contributed by atoms with Gasteiger partial charge in [-0.15, -0.1) is 0 Å². The van der Waals surface area contributed by atoms with Crippen molar-refractivity contribution >= 4 is 5.91 Å². The van der Waals surface area contributed by atoms with Gasteiger partial charge in [0, 0.05) is 19.0 Å². The first-order chi connectivity index (χ1) is 6.53. The number of hydrogen-bond donors (Lipinski definition) is 3. The summed E-state index contributed by atoms with van der Waals surface area (Å²) >= 11 is 0. The summed E-state index contributed by atoms with van der Waals surface area (Å²) in [7, 11) is 1.63. The van der Waals surface area contributed by atoms with E-state index in [-0.39, 0.29) is 25.4 Å². The lowest BCUT2D eigenvalue weighted by Crippen LogP contribution is -2.54. The molecular weight excluding hydrogens is 192 g/mol. The van der Waals surface area contributed by atoms with Crippen LogP contribution in [0.5, 0.6) is 0 Å². The van der Waals surface area contributed by atoms with Gasteiger partial charge in [0.2, 0.25) is 5.91 Å². The molecule has 0 aromatic carbocycles. The van der Waals surface area contributed by atoms with Crippen molar-refractivity contribution in [2.24, 2.45) is 0 Å². The summed E-state index contributed by atoms with van der Waals surface area (Å²) < 4.78 is 25.7. The second kappa shape index (κ2) is 4.65. The van der Waals surface area contributed by atoms with Crippen molar-refractivity contribution in [3.8, 4) is 0 Å². The number of alkyl halides is 2. The first-order valence-electron chi connectivity index (χ1n) is 4.56. The number of hydrogen-bond acceptors (Lipinski definition) is 3. The minimum Gasteiger partial charge on any atom is -0.351 e. The molecule has 1 fully saturated rings. The van der Waals surface area contributed by atoms with Crippen molar-refractivity contribution in [3.05, 3.63) is 0 Å². The molecule has 14 heavy (non-hydrogen) atoms. The van der Waals surface area contributed by atoms with E-state index in [1.165, 1.54) is 0 Å². The highest BCUT2D eigenvalue weighted by Crippen LogP contribution is 2.22. The number of carbonyl (C=O) groups excluding carboxylic acids is 1. The lowest BCUT2D eigenvalue weighted by atomic mass is 10.0. The Bertz CT molecular complexity index is 211. The molecule has 1 rings (SSSR count). The molecule has 1 saturated heterocycles. The Morgan fingerprint density at radius 2 is 2.36 bits per heavy atom. The zero-order valence-electron chi connectivity index (χ0n) is 8.07. The van der Waals surface area contributed by atoms with Gasteiger partial charge in [-0.2, -0.15) is 0 Å². The number of halogens is 2. The molecule has 1 atom stereocenters. The standard InChI is InChI=1S/C8H15F2N3O/c1-11-4-7(14)13-6-2-8(9,10)5-12-3-6/h6,11-12H,2-5H2,1H3,(H,13,14). The minimum absolute atomic E-state index is 0.155. The molecule has 0 aromatic rings. The highest BCUT2D eigenvalue weighted by molar-refractivity contribution is 5.78. The zero-order valence-corrected chi connectivity index (χ0v) is 8.07. The first kappa shape index (κ1) is 11.3. The van der Waals surface area contributed by atoms with Crippen LogP contribution in [0, 0.1) is 0 Å². The van der Waals surface area contributed by atoms with Gasteiger partial charge in [-0.05, 0) is 7.05 Å². The largest absolute Gasteiger partial charge is 0.351 e. The number of piperidine rings is 1. The molecule has 3 N–H and O–H groups in total. The fourth-order valence-electron chi connectivity index (χ4n) is 1.48. The maximum atomic E-state index is 12.9. The van der Waals surface area contributed by atoms with Gasteiger partial charge >= 0.3 is 0 Å². The molecule has 82 valence electrons. The second-order valence-electron chi connectivity index (χ2n) is 3.49. The van der Waals surface area contributed by atoms with Crippen molar-refractivity contribution in [2.75, 3.05) is 26.7 Å². The predicted octanol–water partition coefficient (Wildman–Crippen LogP) is -0.681. The Balaban J connectivity index is 2.34. The van der Waals surface area contributed by atoms with Crippen LogP contribution in [0.2, 0.25) is 0 Å². The predicted molar refractivity (Wildman–Crippen MR) is 48.3 cm³/mol. The summed E-state index contributed by atoms with van der Waals surface area (Å²) in [5, 5.41) is 7.78. The third-order valence-corrected chi connectivity index (χ3v) is 2.02. The number of nitrogens with one attached hydrogen (secondary N) is 3. The Hall–Kier alpha value is -0.750. The van der Waals surface area contributed by atoms with Crippen LogP contribution >= 0.6 is 0 Å². The third kappa shape index (κ3) is 3.55. The summed E-state index contributed by atoms with van der Waals surface area (Å²) in [6, 6.07) is -0.473. The SMILES string of the molecule is CNCC(=O)NC1CNCC(F)(F)C1. The van der Waals surface area contributed by atoms with Crippen LogP contribution in [0.1, 0.15) is 6.42 Å². The molecule has 0 aromatic heterocycles. The van der Waals surface area contributed by atoms with Gasteiger partial charge in [0.1, 0.15) is 0 Å². The van der Waals surface area contributed by atoms with E-state index in [4.69, 9.17) is 0 Å². The number of likely N-dealkylation sites (N-methyl/N-ethyl adjacent to an activating group) is 1. The van der Waals surface area contributed by atoms with Gasteiger partial charge < -0.3 is 16.0 Å². The fourth-order valence-corrected chi connectivity index (χ4v) is 1.48. The van der Waals surface area contributed by atoms with E-state index in [2.05, 4.69) is 16.0 Å². The number of amides is 1. The van der Waals surface area contributed by atoms with Crippen LogP contribution < -0.4 is 16.0 Å². The third-order valence-electron chi connectivity index (χ3n) is 2.02. The highest BCUT2D eigenvalue weighted by atomic mass is 19.3. The van der Waals surface area contributed by atoms with Crippen LogP contribution in [0.25, 0.3) is 0 Å². The second-order valence-corrected chi connectivity index (χ2v) is 3.49. The fraction of sp³-hybridized carbons (Fsp3) is 0.875. The van der Waals surface area contributed by atoms with E-state index < -0.39 is 12.0 Å². The van der Waals surface area contributed by atoms with Gasteiger partial charge in [0.15, 0.2) is 0 Å². The molecule has 1 aliphatic rings. The molecule has 1 unspecified atom stereocenters. The Morgan fingerprint density at radius 3 is 2.93 bits per heavy atom. The van der Waals surface area contributed by atoms with E-state index >= 15 is 0 Å². The van der Waals surface area contributed by atoms with Gasteiger partial charge in [-0.3, -0.25) is 4.79 Å². The highest BCUT2D eigenvalue weighted by Gasteiger charge is 2.36. The van der Waals surface area contributed by atoms with Crippen molar-refractivity contribution < 1.29 is 13.6 Å². The van der Waals surface area contributed by atoms with E-state index in [0.717, 1.165) is 0 Å². The van der Waals surface area contributed by atoms with Crippen LogP contribution in [-0.4, -0.2) is 44.6 Å². The Morgan fingerprint density at radius 1 is 1.64 bits per heavy atom. The van der Waals surface area contributed by atoms with Crippen molar-refractivity contribution in [2.45, 2.75) is 18.4 Å². The molecular formula is C8H15F2N3O. The lowest BCUT2D eigenvalue weighted by molar-refractivity contribution is -0.121. The first-order valence-corrected chi connectivity index (χ1v) is 4.56. The van der Waals surface area contributed by atoms with Gasteiger partial charge in [-0.25, -0.2) is 8.78 Å². The van der Waals surface area contributed by atoms with Crippen LogP contribution in [-0.2, 0) is 4.79 Å². The Kier molecular flexibility index (Phi) is 3.77. The normalized spacial score (nSPS) is 25.8. The zero-order chi connectivity index (χ0) is 10.6. The molecule has 0 radical (unpaired) electrons. The molecule has 1 aliphatic heterocycles. The summed E-state index contributed by atoms with van der Waals surface area (Å²) in [6.07, 6.45) is -0.282. The summed E-state index contributed by atoms with van der Waals surface area (Å²) in [5.41, 5.74) is 0. The molecule has 0 aliphatic carbocycles. The van der Waals surface area contributed by atoms with Crippen LogP contribution in [0.15, 0.2) is 0 Å². The molecule has 6 heteroatoms. The van der Waals surface area contributed by atoms with Crippen molar-refractivity contribution in [3.63, 3.8) is 0 Å². The molecule has 4 nitrogen and oxygen atoms in total. The van der Waals surface area contributed by atoms with Gasteiger partial charge in [0.05, 0.1) is 13.1 Å². The quantitative estimate of drug-likeness (QED) is 0.574. The number of carbonyl (C=O) groups is 1. The van der Waals surface area contributed by atoms with Crippen LogP contribution in [0.4, 0.5) is 8.78 Å². The van der Waals surface area contributed by atoms with E-state index in [1.54, 1.807) is 7.05 Å². The molecule has 0 bridgehead atoms. The van der Waals surface area contributed by atoms with Crippen molar-refractivity contribution in [1.29, 1.82) is 0 Å². The average Bonchev–Trinajstić information content (AvgIpc) is 2.02. The van der Waals surface area contributed by atoms with Crippen molar-refractivity contribution in [1.82, 2.24) is 16.0 Å². The molecule has 0 spiro atoms. The molecule has 1 amide bonds. The lowest BCUT2D eigenvalue weighted by Gasteiger charge is -2.30. The minimum atomic E-state index is -2.71. The summed E-state index contributed by atoms with van der Waals surface area (Å²) in [4.78, 5) is 11.1. The molecule has 0 saturated carbocycles. The molecule has 1 heterocycles. The summed E-state index contributed by atoms with van der Waals surface area (Å²) in [6.45, 7) is 0.262. The summed E-state index contributed by atoms with van der Waals surface area (Å²) in [5.74, 6) is -2.97. The maximum absolute atomic E-state index is 12.9. The smallest absolute Gasteiger partial charge is 0.262 e. The maximum Gasteiger partial charge on any atom is 0.262 e. The Labute approximate surface area is 81.4 Å².